The van der Waals surface area contributed by atoms with Crippen LogP contribution in [0.4, 0.5) is 0 Å². The Balaban J connectivity index is 1.72. The van der Waals surface area contributed by atoms with Gasteiger partial charge in [0, 0.05) is 0 Å². The molecule has 0 aromatic heterocycles. The van der Waals surface area contributed by atoms with Gasteiger partial charge in [-0.3, -0.25) is 9.59 Å². The molecule has 6 heteroatoms. The summed E-state index contributed by atoms with van der Waals surface area (Å²) in [4.78, 5) is 24.9. The van der Waals surface area contributed by atoms with E-state index in [2.05, 4.69) is 0 Å². The van der Waals surface area contributed by atoms with Gasteiger partial charge in [-0.15, -0.1) is 0 Å². The summed E-state index contributed by atoms with van der Waals surface area (Å²) < 4.78 is 10.5. The van der Waals surface area contributed by atoms with Gasteiger partial charge in [0.15, 0.2) is 5.41 Å². The third kappa shape index (κ3) is 3.03. The summed E-state index contributed by atoms with van der Waals surface area (Å²) in [5.41, 5.74) is -1.31. The molecule has 2 aromatic rings. The maximum Gasteiger partial charge on any atom is 0.328 e. The van der Waals surface area contributed by atoms with Crippen LogP contribution >= 0.6 is 0 Å². The normalized spacial score (nSPS) is 15.2. The predicted octanol–water partition coefficient (Wildman–Crippen LogP) is 2.78. The molecular weight excluding hydrogens is 312 g/mol. The first kappa shape index (κ1) is 15.9. The van der Waals surface area contributed by atoms with Crippen molar-refractivity contribution in [1.29, 1.82) is 0 Å². The maximum atomic E-state index is 12.5. The first-order valence-corrected chi connectivity index (χ1v) is 7.52. The molecule has 1 saturated carbocycles. The molecule has 0 unspecified atom stereocenters. The van der Waals surface area contributed by atoms with Gasteiger partial charge in [-0.1, -0.05) is 0 Å². The van der Waals surface area contributed by atoms with E-state index < -0.39 is 17.4 Å². The average Bonchev–Trinajstić information content (AvgIpc) is 2.51. The van der Waals surface area contributed by atoms with Crippen molar-refractivity contribution in [3.05, 3.63) is 48.5 Å². The van der Waals surface area contributed by atoms with Gasteiger partial charge in [-0.25, -0.2) is 0 Å². The molecule has 1 aliphatic carbocycles. The van der Waals surface area contributed by atoms with Gasteiger partial charge in [0.25, 0.3) is 0 Å². The zero-order valence-electron chi connectivity index (χ0n) is 12.8. The van der Waals surface area contributed by atoms with E-state index in [1.165, 1.54) is 48.5 Å². The molecule has 124 valence electrons. The lowest BCUT2D eigenvalue weighted by Gasteiger charge is -2.36. The van der Waals surface area contributed by atoms with Crippen molar-refractivity contribution in [3.8, 4) is 23.0 Å². The number of benzene rings is 2. The van der Waals surface area contributed by atoms with E-state index in [1.807, 2.05) is 0 Å². The molecule has 6 nitrogen and oxygen atoms in total. The summed E-state index contributed by atoms with van der Waals surface area (Å²) in [5, 5.41) is 18.5. The van der Waals surface area contributed by atoms with Crippen molar-refractivity contribution in [2.45, 2.75) is 19.3 Å². The SMILES string of the molecule is O=C(Oc1ccc(O)cc1)C1(C(=O)Oc2ccc(O)cc2)CCC1. The van der Waals surface area contributed by atoms with Gasteiger partial charge in [0.05, 0.1) is 0 Å². The molecule has 0 amide bonds. The number of phenolic OH excluding ortho intramolecular Hbond substituents is 2. The van der Waals surface area contributed by atoms with Crippen LogP contribution in [0.15, 0.2) is 48.5 Å². The monoisotopic (exact) mass is 328 g/mol. The van der Waals surface area contributed by atoms with Crippen molar-refractivity contribution >= 4 is 11.9 Å². The van der Waals surface area contributed by atoms with Gasteiger partial charge in [0.2, 0.25) is 0 Å². The van der Waals surface area contributed by atoms with E-state index in [9.17, 15) is 19.8 Å². The Morgan fingerprint density at radius 1 is 0.750 bits per heavy atom. The smallest absolute Gasteiger partial charge is 0.328 e. The maximum absolute atomic E-state index is 12.5. The predicted molar refractivity (Wildman–Crippen MR) is 83.8 cm³/mol. The number of rotatable bonds is 4. The molecule has 1 aliphatic rings. The minimum Gasteiger partial charge on any atom is -0.508 e. The third-order valence-corrected chi connectivity index (χ3v) is 4.08. The minimum absolute atomic E-state index is 0.0555. The van der Waals surface area contributed by atoms with Crippen LogP contribution in [0.3, 0.4) is 0 Å². The van der Waals surface area contributed by atoms with Crippen LogP contribution in [0.1, 0.15) is 19.3 Å². The van der Waals surface area contributed by atoms with E-state index in [-0.39, 0.29) is 23.0 Å². The zero-order valence-corrected chi connectivity index (χ0v) is 12.8. The van der Waals surface area contributed by atoms with Crippen molar-refractivity contribution in [3.63, 3.8) is 0 Å². The second-order valence-corrected chi connectivity index (χ2v) is 5.70. The van der Waals surface area contributed by atoms with Gasteiger partial charge < -0.3 is 19.7 Å². The number of hydrogen-bond donors (Lipinski definition) is 2. The molecule has 0 heterocycles. The highest BCUT2D eigenvalue weighted by atomic mass is 16.6. The van der Waals surface area contributed by atoms with Crippen LogP contribution in [0.2, 0.25) is 0 Å². The average molecular weight is 328 g/mol. The molecule has 3 rings (SSSR count). The van der Waals surface area contributed by atoms with E-state index >= 15 is 0 Å². The fourth-order valence-corrected chi connectivity index (χ4v) is 2.46. The third-order valence-electron chi connectivity index (χ3n) is 4.08. The molecule has 2 N–H and O–H groups in total. The van der Waals surface area contributed by atoms with Crippen LogP contribution in [0, 0.1) is 5.41 Å². The number of carbonyl (C=O) groups is 2. The summed E-state index contributed by atoms with van der Waals surface area (Å²) in [7, 11) is 0. The second-order valence-electron chi connectivity index (χ2n) is 5.70. The standard InChI is InChI=1S/C18H16O6/c19-12-2-6-14(7-3-12)23-16(21)18(10-1-11-18)17(22)24-15-8-4-13(20)5-9-15/h2-9,19-20H,1,10-11H2. The van der Waals surface area contributed by atoms with Crippen LogP contribution in [-0.4, -0.2) is 22.2 Å². The van der Waals surface area contributed by atoms with Crippen molar-refractivity contribution < 1.29 is 29.3 Å². The lowest BCUT2D eigenvalue weighted by molar-refractivity contribution is -0.167. The minimum atomic E-state index is -1.31. The Morgan fingerprint density at radius 3 is 1.42 bits per heavy atom. The summed E-state index contributed by atoms with van der Waals surface area (Å²) in [5.74, 6) is -0.714. The highest BCUT2D eigenvalue weighted by molar-refractivity contribution is 6.02. The van der Waals surface area contributed by atoms with Crippen LogP contribution in [-0.2, 0) is 9.59 Å². The van der Waals surface area contributed by atoms with E-state index in [0.717, 1.165) is 6.42 Å². The Hall–Kier alpha value is -3.02. The largest absolute Gasteiger partial charge is 0.508 e. The molecule has 1 fully saturated rings. The number of hydrogen-bond acceptors (Lipinski definition) is 6. The fraction of sp³-hybridized carbons (Fsp3) is 0.222. The first-order chi connectivity index (χ1) is 11.5. The molecule has 0 radical (unpaired) electrons. The number of esters is 2. The van der Waals surface area contributed by atoms with Gasteiger partial charge in [-0.05, 0) is 67.8 Å². The lowest BCUT2D eigenvalue weighted by atomic mass is 9.69. The van der Waals surface area contributed by atoms with Crippen molar-refractivity contribution in [1.82, 2.24) is 0 Å². The Kier molecular flexibility index (Phi) is 4.12. The highest BCUT2D eigenvalue weighted by Gasteiger charge is 2.54. The highest BCUT2D eigenvalue weighted by Crippen LogP contribution is 2.43. The molecule has 0 atom stereocenters. The zero-order chi connectivity index (χ0) is 17.2. The Labute approximate surface area is 138 Å². The van der Waals surface area contributed by atoms with E-state index in [0.29, 0.717) is 12.8 Å². The summed E-state index contributed by atoms with van der Waals surface area (Å²) in [6.45, 7) is 0. The van der Waals surface area contributed by atoms with E-state index in [4.69, 9.17) is 9.47 Å². The molecule has 2 aromatic carbocycles. The number of ether oxygens (including phenoxy) is 2. The molecule has 0 aliphatic heterocycles. The van der Waals surface area contributed by atoms with Gasteiger partial charge in [-0.2, -0.15) is 0 Å². The lowest BCUT2D eigenvalue weighted by Crippen LogP contribution is -2.49. The molecule has 0 bridgehead atoms. The van der Waals surface area contributed by atoms with Crippen molar-refractivity contribution in [2.75, 3.05) is 0 Å². The summed E-state index contributed by atoms with van der Waals surface area (Å²) in [6, 6.07) is 11.4. The summed E-state index contributed by atoms with van der Waals surface area (Å²) in [6.07, 6.45) is 1.46. The topological polar surface area (TPSA) is 93.1 Å². The van der Waals surface area contributed by atoms with Crippen molar-refractivity contribution in [2.24, 2.45) is 5.41 Å². The fourth-order valence-electron chi connectivity index (χ4n) is 2.46. The molecular formula is C18H16O6. The number of phenols is 2. The van der Waals surface area contributed by atoms with Gasteiger partial charge >= 0.3 is 11.9 Å². The quantitative estimate of drug-likeness (QED) is 0.509. The Bertz CT molecular complexity index is 683. The molecule has 24 heavy (non-hydrogen) atoms. The van der Waals surface area contributed by atoms with Crippen LogP contribution < -0.4 is 9.47 Å². The van der Waals surface area contributed by atoms with Gasteiger partial charge in [0.1, 0.15) is 23.0 Å². The first-order valence-electron chi connectivity index (χ1n) is 7.52. The summed E-state index contributed by atoms with van der Waals surface area (Å²) >= 11 is 0. The molecule has 0 saturated heterocycles. The van der Waals surface area contributed by atoms with Crippen LogP contribution in [0.25, 0.3) is 0 Å². The molecule has 0 spiro atoms. The number of aromatic hydroxyl groups is 2. The second kappa shape index (κ2) is 6.23. The van der Waals surface area contributed by atoms with Crippen LogP contribution in [0.5, 0.6) is 23.0 Å². The van der Waals surface area contributed by atoms with E-state index in [1.54, 1.807) is 0 Å². The number of carbonyl (C=O) groups excluding carboxylic acids is 2. The Morgan fingerprint density at radius 2 is 1.12 bits per heavy atom.